The first kappa shape index (κ1) is 17.5. The van der Waals surface area contributed by atoms with Crippen LogP contribution in [-0.2, 0) is 21.4 Å². The standard InChI is InChI=1S/C19H25N3O3S/c1-2-21-10-7-15-13-17(5-6-18(15)21)26(24,25)22-11-8-14(9-12-22)19(23)20-16-3-4-16/h5-7,10,13-14,16H,2-4,8-9,11-12H2,1H3,(H,20,23). The van der Waals surface area contributed by atoms with Gasteiger partial charge in [0, 0.05) is 48.7 Å². The van der Waals surface area contributed by atoms with Gasteiger partial charge in [0.05, 0.1) is 4.90 Å². The molecular formula is C19H25N3O3S. The van der Waals surface area contributed by atoms with Crippen molar-refractivity contribution in [1.82, 2.24) is 14.2 Å². The molecule has 1 saturated carbocycles. The number of nitrogens with zero attached hydrogens (tertiary/aromatic N) is 2. The van der Waals surface area contributed by atoms with Gasteiger partial charge in [-0.15, -0.1) is 0 Å². The van der Waals surface area contributed by atoms with Crippen LogP contribution in [0.5, 0.6) is 0 Å². The van der Waals surface area contributed by atoms with E-state index in [9.17, 15) is 13.2 Å². The summed E-state index contributed by atoms with van der Waals surface area (Å²) >= 11 is 0. The van der Waals surface area contributed by atoms with Crippen LogP contribution in [0.3, 0.4) is 0 Å². The second kappa shape index (κ2) is 6.70. The van der Waals surface area contributed by atoms with Gasteiger partial charge in [0.2, 0.25) is 15.9 Å². The number of aryl methyl sites for hydroxylation is 1. The summed E-state index contributed by atoms with van der Waals surface area (Å²) in [5.74, 6) is 0.0231. The Morgan fingerprint density at radius 3 is 2.54 bits per heavy atom. The molecule has 1 aromatic heterocycles. The number of carbonyl (C=O) groups excluding carboxylic acids is 1. The molecule has 140 valence electrons. The lowest BCUT2D eigenvalue weighted by Crippen LogP contribution is -2.43. The van der Waals surface area contributed by atoms with Crippen molar-refractivity contribution in [2.45, 2.75) is 50.1 Å². The summed E-state index contributed by atoms with van der Waals surface area (Å²) in [5.41, 5.74) is 1.04. The van der Waals surface area contributed by atoms with E-state index in [0.717, 1.165) is 30.3 Å². The molecule has 1 saturated heterocycles. The summed E-state index contributed by atoms with van der Waals surface area (Å²) in [5, 5.41) is 3.96. The number of fused-ring (bicyclic) bond motifs is 1. The highest BCUT2D eigenvalue weighted by Gasteiger charge is 2.34. The lowest BCUT2D eigenvalue weighted by Gasteiger charge is -2.30. The number of carbonyl (C=O) groups is 1. The van der Waals surface area contributed by atoms with Crippen molar-refractivity contribution in [2.75, 3.05) is 13.1 Å². The smallest absolute Gasteiger partial charge is 0.243 e. The summed E-state index contributed by atoms with van der Waals surface area (Å²) < 4.78 is 29.6. The molecule has 26 heavy (non-hydrogen) atoms. The number of rotatable bonds is 5. The fourth-order valence-corrected chi connectivity index (χ4v) is 5.17. The summed E-state index contributed by atoms with van der Waals surface area (Å²) in [6.07, 6.45) is 5.30. The Balaban J connectivity index is 1.47. The van der Waals surface area contributed by atoms with Gasteiger partial charge in [-0.1, -0.05) is 0 Å². The summed E-state index contributed by atoms with van der Waals surface area (Å²) in [6.45, 7) is 3.72. The van der Waals surface area contributed by atoms with Crippen LogP contribution >= 0.6 is 0 Å². The molecule has 0 unspecified atom stereocenters. The molecule has 1 aliphatic heterocycles. The Morgan fingerprint density at radius 1 is 1.15 bits per heavy atom. The largest absolute Gasteiger partial charge is 0.353 e. The Morgan fingerprint density at radius 2 is 1.88 bits per heavy atom. The maximum Gasteiger partial charge on any atom is 0.243 e. The van der Waals surface area contributed by atoms with Gasteiger partial charge in [-0.3, -0.25) is 4.79 Å². The SMILES string of the molecule is CCn1ccc2cc(S(=O)(=O)N3CCC(C(=O)NC4CC4)CC3)ccc21. The minimum Gasteiger partial charge on any atom is -0.353 e. The van der Waals surface area contributed by atoms with E-state index in [1.54, 1.807) is 12.1 Å². The number of sulfonamides is 1. The van der Waals surface area contributed by atoms with Crippen molar-refractivity contribution in [3.63, 3.8) is 0 Å². The maximum atomic E-state index is 13.0. The third-order valence-electron chi connectivity index (χ3n) is 5.47. The second-order valence-electron chi connectivity index (χ2n) is 7.28. The van der Waals surface area contributed by atoms with Crippen LogP contribution in [0.1, 0.15) is 32.6 Å². The summed E-state index contributed by atoms with van der Waals surface area (Å²) in [6, 6.07) is 7.62. The van der Waals surface area contributed by atoms with Crippen LogP contribution in [-0.4, -0.2) is 42.3 Å². The molecule has 2 fully saturated rings. The Bertz CT molecular complexity index is 923. The molecule has 1 aromatic carbocycles. The molecule has 0 bridgehead atoms. The molecule has 7 heteroatoms. The molecule has 2 aromatic rings. The van der Waals surface area contributed by atoms with E-state index in [-0.39, 0.29) is 11.8 Å². The fraction of sp³-hybridized carbons (Fsp3) is 0.526. The quantitative estimate of drug-likeness (QED) is 0.872. The predicted octanol–water partition coefficient (Wildman–Crippen LogP) is 2.34. The minimum absolute atomic E-state index is 0.0666. The lowest BCUT2D eigenvalue weighted by molar-refractivity contribution is -0.126. The van der Waals surface area contributed by atoms with E-state index in [1.165, 1.54) is 4.31 Å². The van der Waals surface area contributed by atoms with Gasteiger partial charge < -0.3 is 9.88 Å². The zero-order chi connectivity index (χ0) is 18.3. The van der Waals surface area contributed by atoms with Crippen molar-refractivity contribution >= 4 is 26.8 Å². The summed E-state index contributed by atoms with van der Waals surface area (Å²) in [4.78, 5) is 12.5. The van der Waals surface area contributed by atoms with E-state index in [4.69, 9.17) is 0 Å². The van der Waals surface area contributed by atoms with Crippen LogP contribution in [0.25, 0.3) is 10.9 Å². The highest BCUT2D eigenvalue weighted by Crippen LogP contribution is 2.27. The summed E-state index contributed by atoms with van der Waals surface area (Å²) in [7, 11) is -3.52. The van der Waals surface area contributed by atoms with E-state index in [0.29, 0.717) is 36.9 Å². The Kier molecular flexibility index (Phi) is 4.52. The molecule has 0 atom stereocenters. The molecule has 4 rings (SSSR count). The van der Waals surface area contributed by atoms with Gasteiger partial charge in [-0.25, -0.2) is 8.42 Å². The number of aromatic nitrogens is 1. The van der Waals surface area contributed by atoms with Crippen LogP contribution in [0.4, 0.5) is 0 Å². The van der Waals surface area contributed by atoms with E-state index < -0.39 is 10.0 Å². The van der Waals surface area contributed by atoms with E-state index >= 15 is 0 Å². The van der Waals surface area contributed by atoms with Gasteiger partial charge in [-0.2, -0.15) is 4.31 Å². The zero-order valence-corrected chi connectivity index (χ0v) is 15.8. The lowest BCUT2D eigenvalue weighted by atomic mass is 9.97. The maximum absolute atomic E-state index is 13.0. The highest BCUT2D eigenvalue weighted by atomic mass is 32.2. The monoisotopic (exact) mass is 375 g/mol. The third-order valence-corrected chi connectivity index (χ3v) is 7.36. The average molecular weight is 375 g/mol. The molecule has 1 N–H and O–H groups in total. The molecule has 6 nitrogen and oxygen atoms in total. The van der Waals surface area contributed by atoms with Crippen molar-refractivity contribution in [3.05, 3.63) is 30.5 Å². The highest BCUT2D eigenvalue weighted by molar-refractivity contribution is 7.89. The number of benzene rings is 1. The first-order valence-electron chi connectivity index (χ1n) is 9.38. The fourth-order valence-electron chi connectivity index (χ4n) is 3.67. The van der Waals surface area contributed by atoms with Gasteiger partial charge in [0.25, 0.3) is 0 Å². The molecule has 0 radical (unpaired) electrons. The molecular weight excluding hydrogens is 350 g/mol. The van der Waals surface area contributed by atoms with Gasteiger partial charge in [0.15, 0.2) is 0 Å². The number of hydrogen-bond acceptors (Lipinski definition) is 3. The predicted molar refractivity (Wildman–Crippen MR) is 100 cm³/mol. The van der Waals surface area contributed by atoms with Gasteiger partial charge in [0.1, 0.15) is 0 Å². The van der Waals surface area contributed by atoms with Crippen LogP contribution in [0.15, 0.2) is 35.4 Å². The number of amides is 1. The molecule has 2 aliphatic rings. The van der Waals surface area contributed by atoms with Crippen molar-refractivity contribution in [2.24, 2.45) is 5.92 Å². The normalized spacial score (nSPS) is 19.7. The molecule has 1 amide bonds. The van der Waals surface area contributed by atoms with E-state index in [2.05, 4.69) is 16.8 Å². The zero-order valence-electron chi connectivity index (χ0n) is 15.0. The van der Waals surface area contributed by atoms with Crippen LogP contribution in [0.2, 0.25) is 0 Å². The molecule has 1 aliphatic carbocycles. The molecule has 2 heterocycles. The van der Waals surface area contributed by atoms with Crippen molar-refractivity contribution in [3.8, 4) is 0 Å². The van der Waals surface area contributed by atoms with Crippen LogP contribution < -0.4 is 5.32 Å². The Labute approximate surface area is 154 Å². The second-order valence-corrected chi connectivity index (χ2v) is 9.22. The van der Waals surface area contributed by atoms with Gasteiger partial charge in [-0.05, 0) is 56.9 Å². The molecule has 0 spiro atoms. The van der Waals surface area contributed by atoms with Gasteiger partial charge >= 0.3 is 0 Å². The van der Waals surface area contributed by atoms with E-state index in [1.807, 2.05) is 18.3 Å². The first-order chi connectivity index (χ1) is 12.5. The topological polar surface area (TPSA) is 71.4 Å². The van der Waals surface area contributed by atoms with Crippen LogP contribution in [0, 0.1) is 5.92 Å². The Hall–Kier alpha value is -1.86. The number of piperidine rings is 1. The minimum atomic E-state index is -3.52. The number of nitrogens with one attached hydrogen (secondary N) is 1. The van der Waals surface area contributed by atoms with Crippen molar-refractivity contribution < 1.29 is 13.2 Å². The first-order valence-corrected chi connectivity index (χ1v) is 10.8. The average Bonchev–Trinajstić information content (AvgIpc) is 3.37. The third kappa shape index (κ3) is 3.25. The van der Waals surface area contributed by atoms with Crippen molar-refractivity contribution in [1.29, 1.82) is 0 Å². The number of hydrogen-bond donors (Lipinski definition) is 1.